The minimum atomic E-state index is -4.37. The lowest BCUT2D eigenvalue weighted by atomic mass is 10.1. The second-order valence-electron chi connectivity index (χ2n) is 7.29. The number of allylic oxidation sites excluding steroid dienone is 1. The molecule has 0 fully saturated rings. The van der Waals surface area contributed by atoms with E-state index in [1.807, 2.05) is 43.3 Å². The van der Waals surface area contributed by atoms with Crippen LogP contribution in [0.1, 0.15) is 29.2 Å². The molecule has 0 aromatic heterocycles. The fourth-order valence-electron chi connectivity index (χ4n) is 3.14. The molecule has 3 rings (SSSR count). The third-order valence-electron chi connectivity index (χ3n) is 4.73. The van der Waals surface area contributed by atoms with Gasteiger partial charge in [-0.3, -0.25) is 5.43 Å². The normalized spacial score (nSPS) is 11.4. The first-order valence-corrected chi connectivity index (χ1v) is 11.3. The SMILES string of the molecule is C=CCc1cc(/C=N/Nc2ccc(C(F)(F)F)cc2)cc(OCC)c1OCc1ccc(Br)cc1. The van der Waals surface area contributed by atoms with Crippen LogP contribution >= 0.6 is 15.9 Å². The molecule has 0 unspecified atom stereocenters. The highest BCUT2D eigenvalue weighted by molar-refractivity contribution is 9.10. The van der Waals surface area contributed by atoms with E-state index in [-0.39, 0.29) is 0 Å². The van der Waals surface area contributed by atoms with E-state index in [4.69, 9.17) is 9.47 Å². The summed E-state index contributed by atoms with van der Waals surface area (Å²) in [4.78, 5) is 0. The summed E-state index contributed by atoms with van der Waals surface area (Å²) in [5.41, 5.74) is 5.12. The second-order valence-corrected chi connectivity index (χ2v) is 8.21. The van der Waals surface area contributed by atoms with E-state index in [2.05, 4.69) is 33.0 Å². The van der Waals surface area contributed by atoms with Gasteiger partial charge in [0.15, 0.2) is 11.5 Å². The second kappa shape index (κ2) is 11.7. The molecule has 178 valence electrons. The number of rotatable bonds is 10. The van der Waals surface area contributed by atoms with Crippen LogP contribution in [0.4, 0.5) is 18.9 Å². The summed E-state index contributed by atoms with van der Waals surface area (Å²) in [6.07, 6.45) is -0.464. The molecule has 1 N–H and O–H groups in total. The molecule has 3 aromatic carbocycles. The summed E-state index contributed by atoms with van der Waals surface area (Å²) in [7, 11) is 0. The lowest BCUT2D eigenvalue weighted by Crippen LogP contribution is -2.04. The fraction of sp³-hybridized carbons (Fsp3) is 0.192. The molecule has 0 bridgehead atoms. The topological polar surface area (TPSA) is 42.9 Å². The van der Waals surface area contributed by atoms with E-state index < -0.39 is 11.7 Å². The van der Waals surface area contributed by atoms with Crippen LogP contribution in [-0.2, 0) is 19.2 Å². The van der Waals surface area contributed by atoms with Crippen molar-refractivity contribution in [1.82, 2.24) is 0 Å². The highest BCUT2D eigenvalue weighted by Crippen LogP contribution is 2.34. The van der Waals surface area contributed by atoms with Gasteiger partial charge in [-0.05, 0) is 73.0 Å². The Bertz CT molecular complexity index is 1130. The predicted molar refractivity (Wildman–Crippen MR) is 133 cm³/mol. The first-order chi connectivity index (χ1) is 16.3. The minimum Gasteiger partial charge on any atom is -0.490 e. The molecule has 34 heavy (non-hydrogen) atoms. The number of nitrogens with one attached hydrogen (secondary N) is 1. The number of ether oxygens (including phenoxy) is 2. The number of nitrogens with zero attached hydrogens (tertiary/aromatic N) is 1. The summed E-state index contributed by atoms with van der Waals surface area (Å²) in [5.74, 6) is 1.22. The molecule has 0 atom stereocenters. The van der Waals surface area contributed by atoms with Crippen molar-refractivity contribution in [3.8, 4) is 11.5 Å². The Morgan fingerprint density at radius 3 is 2.35 bits per heavy atom. The van der Waals surface area contributed by atoms with Crippen LogP contribution in [0, 0.1) is 0 Å². The van der Waals surface area contributed by atoms with E-state index in [0.29, 0.717) is 36.8 Å². The highest BCUT2D eigenvalue weighted by atomic mass is 79.9. The molecule has 0 spiro atoms. The van der Waals surface area contributed by atoms with Crippen LogP contribution in [0.5, 0.6) is 11.5 Å². The van der Waals surface area contributed by atoms with E-state index in [0.717, 1.165) is 33.3 Å². The lowest BCUT2D eigenvalue weighted by Gasteiger charge is -2.17. The van der Waals surface area contributed by atoms with Gasteiger partial charge < -0.3 is 9.47 Å². The van der Waals surface area contributed by atoms with Gasteiger partial charge in [0, 0.05) is 10.0 Å². The van der Waals surface area contributed by atoms with Crippen molar-refractivity contribution in [2.45, 2.75) is 26.1 Å². The molecule has 4 nitrogen and oxygen atoms in total. The molecule has 0 aliphatic heterocycles. The van der Waals surface area contributed by atoms with Crippen molar-refractivity contribution < 1.29 is 22.6 Å². The Hall–Kier alpha value is -3.26. The first-order valence-electron chi connectivity index (χ1n) is 10.5. The summed E-state index contributed by atoms with van der Waals surface area (Å²) >= 11 is 3.43. The number of hydrogen-bond acceptors (Lipinski definition) is 4. The van der Waals surface area contributed by atoms with Crippen molar-refractivity contribution in [3.63, 3.8) is 0 Å². The molecular weight excluding hydrogens is 509 g/mol. The van der Waals surface area contributed by atoms with Gasteiger partial charge >= 0.3 is 6.18 Å². The average molecular weight is 533 g/mol. The maximum atomic E-state index is 12.7. The summed E-state index contributed by atoms with van der Waals surface area (Å²) in [5, 5.41) is 4.15. The van der Waals surface area contributed by atoms with E-state index >= 15 is 0 Å². The summed E-state index contributed by atoms with van der Waals surface area (Å²) in [6, 6.07) is 16.3. The maximum Gasteiger partial charge on any atom is 0.416 e. The average Bonchev–Trinajstić information content (AvgIpc) is 2.80. The molecule has 0 saturated heterocycles. The van der Waals surface area contributed by atoms with Crippen LogP contribution in [0.25, 0.3) is 0 Å². The first kappa shape index (κ1) is 25.4. The van der Waals surface area contributed by atoms with E-state index in [1.54, 1.807) is 12.3 Å². The van der Waals surface area contributed by atoms with Crippen LogP contribution in [-0.4, -0.2) is 12.8 Å². The Kier molecular flexibility index (Phi) is 8.76. The van der Waals surface area contributed by atoms with Gasteiger partial charge in [-0.15, -0.1) is 6.58 Å². The highest BCUT2D eigenvalue weighted by Gasteiger charge is 2.29. The molecule has 0 aliphatic carbocycles. The third-order valence-corrected chi connectivity index (χ3v) is 5.26. The zero-order valence-electron chi connectivity index (χ0n) is 18.5. The standard InChI is InChI=1S/C26H24BrF3N2O2/c1-3-5-20-14-19(16-31-32-23-12-8-21(9-13-23)26(28,29)30)15-24(33-4-2)25(20)34-17-18-6-10-22(27)11-7-18/h3,6-16,32H,1,4-5,17H2,2H3/b31-16+. The van der Waals surface area contributed by atoms with Crippen LogP contribution in [0.15, 0.2) is 82.9 Å². The number of halogens is 4. The van der Waals surface area contributed by atoms with Gasteiger partial charge in [-0.1, -0.05) is 34.1 Å². The molecule has 0 radical (unpaired) electrons. The van der Waals surface area contributed by atoms with Gasteiger partial charge in [-0.25, -0.2) is 0 Å². The lowest BCUT2D eigenvalue weighted by molar-refractivity contribution is -0.137. The van der Waals surface area contributed by atoms with Crippen LogP contribution in [0.3, 0.4) is 0 Å². The Morgan fingerprint density at radius 1 is 1.03 bits per heavy atom. The van der Waals surface area contributed by atoms with Gasteiger partial charge in [0.2, 0.25) is 0 Å². The molecular formula is C26H24BrF3N2O2. The minimum absolute atomic E-state index is 0.375. The molecule has 3 aromatic rings. The zero-order valence-corrected chi connectivity index (χ0v) is 20.1. The molecule has 8 heteroatoms. The molecule has 0 amide bonds. The van der Waals surface area contributed by atoms with E-state index in [9.17, 15) is 13.2 Å². The molecule has 0 heterocycles. The zero-order chi connectivity index (χ0) is 24.6. The van der Waals surface area contributed by atoms with Crippen LogP contribution < -0.4 is 14.9 Å². The van der Waals surface area contributed by atoms with Gasteiger partial charge in [0.05, 0.1) is 24.1 Å². The number of hydrogen-bond donors (Lipinski definition) is 1. The largest absolute Gasteiger partial charge is 0.490 e. The predicted octanol–water partition coefficient (Wildman–Crippen LogP) is 7.62. The van der Waals surface area contributed by atoms with Crippen molar-refractivity contribution in [3.05, 3.63) is 100 Å². The monoisotopic (exact) mass is 532 g/mol. The third kappa shape index (κ3) is 7.12. The molecule has 0 aliphatic rings. The Labute approximate surface area is 205 Å². The van der Waals surface area contributed by atoms with Crippen molar-refractivity contribution in [2.75, 3.05) is 12.0 Å². The number of benzene rings is 3. The van der Waals surface area contributed by atoms with Crippen molar-refractivity contribution >= 4 is 27.8 Å². The smallest absolute Gasteiger partial charge is 0.416 e. The Morgan fingerprint density at radius 2 is 1.74 bits per heavy atom. The van der Waals surface area contributed by atoms with Gasteiger partial charge in [0.25, 0.3) is 0 Å². The number of anilines is 1. The summed E-state index contributed by atoms with van der Waals surface area (Å²) in [6.45, 7) is 6.54. The number of alkyl halides is 3. The summed E-state index contributed by atoms with van der Waals surface area (Å²) < 4.78 is 51.1. The fourth-order valence-corrected chi connectivity index (χ4v) is 3.41. The maximum absolute atomic E-state index is 12.7. The van der Waals surface area contributed by atoms with Crippen molar-refractivity contribution in [2.24, 2.45) is 5.10 Å². The van der Waals surface area contributed by atoms with E-state index in [1.165, 1.54) is 12.1 Å². The van der Waals surface area contributed by atoms with Crippen LogP contribution in [0.2, 0.25) is 0 Å². The van der Waals surface area contributed by atoms with Crippen molar-refractivity contribution in [1.29, 1.82) is 0 Å². The number of hydrazone groups is 1. The molecule has 0 saturated carbocycles. The quantitative estimate of drug-likeness (QED) is 0.166. The Balaban J connectivity index is 1.79. The van der Waals surface area contributed by atoms with Gasteiger partial charge in [0.1, 0.15) is 6.61 Å². The van der Waals surface area contributed by atoms with Gasteiger partial charge in [-0.2, -0.15) is 18.3 Å².